The highest BCUT2D eigenvalue weighted by molar-refractivity contribution is 5.86. The average molecular weight is 234 g/mol. The molecular formula is C14H19FN2. The average Bonchev–Trinajstić information content (AvgIpc) is 2.53. The Balaban J connectivity index is 2.85. The van der Waals surface area contributed by atoms with E-state index in [1.54, 1.807) is 6.07 Å². The summed E-state index contributed by atoms with van der Waals surface area (Å²) in [5, 5.41) is 1.10. The van der Waals surface area contributed by atoms with E-state index >= 15 is 0 Å². The molecule has 0 aliphatic rings. The lowest BCUT2D eigenvalue weighted by atomic mass is 9.83. The molecule has 92 valence electrons. The monoisotopic (exact) mass is 234 g/mol. The van der Waals surface area contributed by atoms with Gasteiger partial charge < -0.3 is 10.3 Å². The molecule has 1 aromatic carbocycles. The number of hydrogen-bond donors (Lipinski definition) is 1. The third-order valence-electron chi connectivity index (χ3n) is 3.64. The van der Waals surface area contributed by atoms with E-state index in [4.69, 9.17) is 5.73 Å². The fourth-order valence-electron chi connectivity index (χ4n) is 2.49. The minimum absolute atomic E-state index is 0.0958. The molecule has 0 saturated heterocycles. The van der Waals surface area contributed by atoms with E-state index < -0.39 is 0 Å². The van der Waals surface area contributed by atoms with Crippen LogP contribution in [-0.4, -0.2) is 11.1 Å². The van der Waals surface area contributed by atoms with Crippen LogP contribution in [0.3, 0.4) is 0 Å². The molecule has 1 heterocycles. The van der Waals surface area contributed by atoms with Crippen molar-refractivity contribution < 1.29 is 4.39 Å². The van der Waals surface area contributed by atoms with Gasteiger partial charge >= 0.3 is 0 Å². The minimum atomic E-state index is -0.199. The fraction of sp³-hybridized carbons (Fsp3) is 0.429. The predicted molar refractivity (Wildman–Crippen MR) is 69.7 cm³/mol. The van der Waals surface area contributed by atoms with Crippen molar-refractivity contribution in [2.45, 2.75) is 26.2 Å². The normalized spacial score (nSPS) is 12.4. The number of benzene rings is 1. The predicted octanol–water partition coefficient (Wildman–Crippen LogP) is 2.86. The fourth-order valence-corrected chi connectivity index (χ4v) is 2.49. The third kappa shape index (κ3) is 1.75. The number of halogens is 1. The number of nitrogens with two attached hydrogens (primary N) is 1. The summed E-state index contributed by atoms with van der Waals surface area (Å²) in [5.41, 5.74) is 9.06. The summed E-state index contributed by atoms with van der Waals surface area (Å²) in [5.74, 6) is -0.199. The highest BCUT2D eigenvalue weighted by Gasteiger charge is 2.26. The van der Waals surface area contributed by atoms with Gasteiger partial charge in [-0.15, -0.1) is 0 Å². The van der Waals surface area contributed by atoms with E-state index in [0.29, 0.717) is 6.54 Å². The topological polar surface area (TPSA) is 30.9 Å². The van der Waals surface area contributed by atoms with E-state index in [1.165, 1.54) is 11.6 Å². The molecular weight excluding hydrogens is 215 g/mol. The Labute approximate surface area is 101 Å². The van der Waals surface area contributed by atoms with Crippen LogP contribution >= 0.6 is 0 Å². The van der Waals surface area contributed by atoms with Crippen molar-refractivity contribution in [3.05, 3.63) is 35.3 Å². The zero-order valence-corrected chi connectivity index (χ0v) is 10.8. The summed E-state index contributed by atoms with van der Waals surface area (Å²) < 4.78 is 15.3. The van der Waals surface area contributed by atoms with Gasteiger partial charge in [0.15, 0.2) is 0 Å². The second-order valence-corrected chi connectivity index (χ2v) is 5.27. The Hall–Kier alpha value is -1.35. The summed E-state index contributed by atoms with van der Waals surface area (Å²) in [4.78, 5) is 0. The summed E-state index contributed by atoms with van der Waals surface area (Å²) in [7, 11) is 1.97. The molecule has 1 aromatic heterocycles. The molecule has 2 aromatic rings. The first kappa shape index (κ1) is 12.1. The van der Waals surface area contributed by atoms with Crippen LogP contribution < -0.4 is 5.73 Å². The van der Waals surface area contributed by atoms with Gasteiger partial charge in [0.05, 0.1) is 5.52 Å². The molecule has 17 heavy (non-hydrogen) atoms. The van der Waals surface area contributed by atoms with Crippen molar-refractivity contribution in [3.63, 3.8) is 0 Å². The molecule has 2 N–H and O–H groups in total. The van der Waals surface area contributed by atoms with Crippen molar-refractivity contribution in [3.8, 4) is 0 Å². The summed E-state index contributed by atoms with van der Waals surface area (Å²) >= 11 is 0. The molecule has 0 radical (unpaired) electrons. The van der Waals surface area contributed by atoms with Gasteiger partial charge in [0.2, 0.25) is 0 Å². The van der Waals surface area contributed by atoms with E-state index in [9.17, 15) is 4.39 Å². The Morgan fingerprint density at radius 1 is 1.35 bits per heavy atom. The second kappa shape index (κ2) is 3.84. The van der Waals surface area contributed by atoms with Crippen molar-refractivity contribution in [1.82, 2.24) is 4.57 Å². The van der Waals surface area contributed by atoms with Gasteiger partial charge in [-0.2, -0.15) is 0 Å². The summed E-state index contributed by atoms with van der Waals surface area (Å²) in [6, 6.07) is 4.95. The zero-order chi connectivity index (χ0) is 12.8. The SMILES string of the molecule is Cc1c(C(C)(C)CN)c2ccc(F)cc2n1C. The summed E-state index contributed by atoms with van der Waals surface area (Å²) in [6.45, 7) is 6.88. The van der Waals surface area contributed by atoms with Crippen molar-refractivity contribution in [1.29, 1.82) is 0 Å². The van der Waals surface area contributed by atoms with Gasteiger partial charge in [-0.1, -0.05) is 13.8 Å². The van der Waals surface area contributed by atoms with E-state index in [0.717, 1.165) is 16.6 Å². The van der Waals surface area contributed by atoms with Gasteiger partial charge in [0.1, 0.15) is 5.82 Å². The van der Waals surface area contributed by atoms with E-state index in [-0.39, 0.29) is 11.2 Å². The first-order valence-corrected chi connectivity index (χ1v) is 5.83. The molecule has 0 fully saturated rings. The lowest BCUT2D eigenvalue weighted by Gasteiger charge is -2.23. The number of fused-ring (bicyclic) bond motifs is 1. The highest BCUT2D eigenvalue weighted by Crippen LogP contribution is 2.34. The van der Waals surface area contributed by atoms with Gasteiger partial charge in [-0.3, -0.25) is 0 Å². The molecule has 0 aliphatic carbocycles. The summed E-state index contributed by atoms with van der Waals surface area (Å²) in [6.07, 6.45) is 0. The first-order valence-electron chi connectivity index (χ1n) is 5.83. The van der Waals surface area contributed by atoms with Crippen molar-refractivity contribution in [2.75, 3.05) is 6.54 Å². The molecule has 0 saturated carbocycles. The molecule has 0 atom stereocenters. The molecule has 3 heteroatoms. The number of rotatable bonds is 2. The molecule has 0 bridgehead atoms. The van der Waals surface area contributed by atoms with Gasteiger partial charge in [-0.05, 0) is 30.7 Å². The van der Waals surface area contributed by atoms with Crippen molar-refractivity contribution in [2.24, 2.45) is 12.8 Å². The van der Waals surface area contributed by atoms with E-state index in [2.05, 4.69) is 20.8 Å². The van der Waals surface area contributed by atoms with Crippen molar-refractivity contribution >= 4 is 10.9 Å². The standard InChI is InChI=1S/C14H19FN2/c1-9-13(14(2,3)8-16)11-6-5-10(15)7-12(11)17(9)4/h5-7H,8,16H2,1-4H3. The Kier molecular flexibility index (Phi) is 2.74. The number of nitrogens with zero attached hydrogens (tertiary/aromatic N) is 1. The maximum atomic E-state index is 13.3. The van der Waals surface area contributed by atoms with Crippen LogP contribution in [0.15, 0.2) is 18.2 Å². The van der Waals surface area contributed by atoms with Crippen LogP contribution in [0.1, 0.15) is 25.1 Å². The molecule has 0 amide bonds. The molecule has 2 nitrogen and oxygen atoms in total. The van der Waals surface area contributed by atoms with Crippen LogP contribution in [0.4, 0.5) is 4.39 Å². The zero-order valence-electron chi connectivity index (χ0n) is 10.8. The quantitative estimate of drug-likeness (QED) is 0.851. The number of hydrogen-bond acceptors (Lipinski definition) is 1. The van der Waals surface area contributed by atoms with Gasteiger partial charge in [0, 0.05) is 30.1 Å². The van der Waals surface area contributed by atoms with Crippen LogP contribution in [0, 0.1) is 12.7 Å². The molecule has 0 aliphatic heterocycles. The first-order chi connectivity index (χ1) is 7.88. The van der Waals surface area contributed by atoms with Gasteiger partial charge in [0.25, 0.3) is 0 Å². The number of aromatic nitrogens is 1. The maximum Gasteiger partial charge on any atom is 0.125 e. The number of aryl methyl sites for hydroxylation is 1. The Morgan fingerprint density at radius 2 is 2.00 bits per heavy atom. The lowest BCUT2D eigenvalue weighted by Crippen LogP contribution is -2.28. The van der Waals surface area contributed by atoms with E-state index in [1.807, 2.05) is 17.7 Å². The maximum absolute atomic E-state index is 13.3. The Bertz CT molecular complexity index is 567. The Morgan fingerprint density at radius 3 is 2.59 bits per heavy atom. The van der Waals surface area contributed by atoms with Crippen LogP contribution in [0.2, 0.25) is 0 Å². The highest BCUT2D eigenvalue weighted by atomic mass is 19.1. The van der Waals surface area contributed by atoms with Crippen LogP contribution in [-0.2, 0) is 12.5 Å². The lowest BCUT2D eigenvalue weighted by molar-refractivity contribution is 0.537. The second-order valence-electron chi connectivity index (χ2n) is 5.27. The third-order valence-corrected chi connectivity index (χ3v) is 3.64. The van der Waals surface area contributed by atoms with Crippen LogP contribution in [0.25, 0.3) is 10.9 Å². The minimum Gasteiger partial charge on any atom is -0.348 e. The smallest absolute Gasteiger partial charge is 0.125 e. The van der Waals surface area contributed by atoms with Gasteiger partial charge in [-0.25, -0.2) is 4.39 Å². The largest absolute Gasteiger partial charge is 0.348 e. The molecule has 0 unspecified atom stereocenters. The molecule has 2 rings (SSSR count). The van der Waals surface area contributed by atoms with Crippen LogP contribution in [0.5, 0.6) is 0 Å². The molecule has 0 spiro atoms.